The van der Waals surface area contributed by atoms with Crippen molar-refractivity contribution >= 4 is 28.5 Å². The van der Waals surface area contributed by atoms with Crippen LogP contribution in [0.1, 0.15) is 51.1 Å². The van der Waals surface area contributed by atoms with Gasteiger partial charge in [-0.1, -0.05) is 24.3 Å². The molecule has 0 bridgehead atoms. The number of pyridine rings is 1. The number of benzene rings is 1. The van der Waals surface area contributed by atoms with E-state index < -0.39 is 6.23 Å². The van der Waals surface area contributed by atoms with E-state index in [9.17, 15) is 9.90 Å². The summed E-state index contributed by atoms with van der Waals surface area (Å²) in [5.41, 5.74) is 4.02. The number of carbonyl (C=O) groups excluding carboxylic acids is 1. The van der Waals surface area contributed by atoms with Crippen LogP contribution in [0.5, 0.6) is 0 Å². The molecule has 10 heteroatoms. The summed E-state index contributed by atoms with van der Waals surface area (Å²) in [6.45, 7) is 4.88. The number of amides is 1. The Balaban J connectivity index is 1.37. The molecule has 3 aromatic rings. The zero-order valence-electron chi connectivity index (χ0n) is 22.1. The van der Waals surface area contributed by atoms with Crippen LogP contribution in [0.25, 0.3) is 22.2 Å². The first-order chi connectivity index (χ1) is 18.4. The second-order valence-corrected chi connectivity index (χ2v) is 9.85. The Morgan fingerprint density at radius 3 is 2.63 bits per heavy atom. The fourth-order valence-corrected chi connectivity index (χ4v) is 4.99. The average Bonchev–Trinajstić information content (AvgIpc) is 3.29. The van der Waals surface area contributed by atoms with Gasteiger partial charge in [-0.3, -0.25) is 14.5 Å². The lowest BCUT2D eigenvalue weighted by molar-refractivity contribution is -0.119. The summed E-state index contributed by atoms with van der Waals surface area (Å²) in [5, 5.41) is 27.9. The number of aliphatic hydroxyl groups is 1. The van der Waals surface area contributed by atoms with Crippen molar-refractivity contribution in [1.29, 1.82) is 0 Å². The molecule has 1 amide bonds. The summed E-state index contributed by atoms with van der Waals surface area (Å²) < 4.78 is 8.29. The Morgan fingerprint density at radius 2 is 1.95 bits per heavy atom. The molecule has 0 radical (unpaired) electrons. The minimum absolute atomic E-state index is 0.0455. The smallest absolute Gasteiger partial charge is 0.230 e. The predicted molar refractivity (Wildman–Crippen MR) is 147 cm³/mol. The van der Waals surface area contributed by atoms with Gasteiger partial charge in [-0.15, -0.1) is 5.10 Å². The number of hydrogen-bond acceptors (Lipinski definition) is 8. The van der Waals surface area contributed by atoms with Crippen molar-refractivity contribution in [1.82, 2.24) is 25.1 Å². The Morgan fingerprint density at radius 1 is 1.18 bits per heavy atom. The summed E-state index contributed by atoms with van der Waals surface area (Å²) in [4.78, 5) is 15.9. The summed E-state index contributed by atoms with van der Waals surface area (Å²) >= 11 is 0. The van der Waals surface area contributed by atoms with Crippen LogP contribution in [-0.2, 0) is 16.1 Å². The van der Waals surface area contributed by atoms with Crippen LogP contribution >= 0.6 is 0 Å². The van der Waals surface area contributed by atoms with Crippen molar-refractivity contribution in [3.63, 3.8) is 0 Å². The molecular weight excluding hydrogens is 482 g/mol. The number of aliphatic hydroxyl groups excluding tert-OH is 1. The first-order valence-electron chi connectivity index (χ1n) is 13.2. The summed E-state index contributed by atoms with van der Waals surface area (Å²) in [5.74, 6) is 1.33. The molecule has 2 aliphatic rings. The van der Waals surface area contributed by atoms with Gasteiger partial charge in [0.05, 0.1) is 11.6 Å². The van der Waals surface area contributed by atoms with Crippen LogP contribution in [0.4, 0.5) is 5.82 Å². The minimum atomic E-state index is -0.713. The number of likely N-dealkylation sites (N-methyl/N-ethyl adjacent to an activating group) is 1. The van der Waals surface area contributed by atoms with Crippen LogP contribution < -0.4 is 10.6 Å². The monoisotopic (exact) mass is 517 g/mol. The summed E-state index contributed by atoms with van der Waals surface area (Å²) in [6, 6.07) is 10.5. The van der Waals surface area contributed by atoms with Gasteiger partial charge in [-0.05, 0) is 44.2 Å². The maximum absolute atomic E-state index is 11.3. The SMILES string of the molecule is CCNc1cc2c(cn1)c(-c1ccc(CNC(C)=O)cc1)nn2C1CCC(OC2=NN(C)C(O)C=C2)CC1. The molecule has 0 saturated heterocycles. The van der Waals surface area contributed by atoms with Gasteiger partial charge in [0.15, 0.2) is 6.23 Å². The molecule has 1 aliphatic carbocycles. The molecule has 200 valence electrons. The maximum atomic E-state index is 11.3. The van der Waals surface area contributed by atoms with Gasteiger partial charge in [0, 0.05) is 56.3 Å². The molecule has 1 atom stereocenters. The lowest BCUT2D eigenvalue weighted by Gasteiger charge is -2.30. The number of anilines is 1. The maximum Gasteiger partial charge on any atom is 0.230 e. The molecule has 5 rings (SSSR count). The van der Waals surface area contributed by atoms with Gasteiger partial charge < -0.3 is 20.5 Å². The number of nitrogens with zero attached hydrogens (tertiary/aromatic N) is 5. The van der Waals surface area contributed by atoms with E-state index in [1.165, 1.54) is 11.9 Å². The number of hydrazone groups is 1. The van der Waals surface area contributed by atoms with Gasteiger partial charge >= 0.3 is 0 Å². The highest BCUT2D eigenvalue weighted by Crippen LogP contribution is 2.36. The molecular formula is C28H35N7O3. The van der Waals surface area contributed by atoms with E-state index in [2.05, 4.69) is 50.5 Å². The second kappa shape index (κ2) is 11.2. The highest BCUT2D eigenvalue weighted by atomic mass is 16.5. The van der Waals surface area contributed by atoms with Gasteiger partial charge in [0.2, 0.25) is 11.8 Å². The van der Waals surface area contributed by atoms with E-state index in [1.807, 2.05) is 18.3 Å². The molecule has 2 aromatic heterocycles. The van der Waals surface area contributed by atoms with Crippen molar-refractivity contribution in [2.75, 3.05) is 18.9 Å². The zero-order valence-corrected chi connectivity index (χ0v) is 22.1. The highest BCUT2D eigenvalue weighted by Gasteiger charge is 2.28. The molecule has 1 saturated carbocycles. The minimum Gasteiger partial charge on any atom is -0.473 e. The molecule has 38 heavy (non-hydrogen) atoms. The molecule has 3 N–H and O–H groups in total. The van der Waals surface area contributed by atoms with Crippen molar-refractivity contribution in [3.05, 3.63) is 54.2 Å². The van der Waals surface area contributed by atoms with E-state index in [1.54, 1.807) is 19.2 Å². The van der Waals surface area contributed by atoms with E-state index >= 15 is 0 Å². The van der Waals surface area contributed by atoms with E-state index in [0.29, 0.717) is 12.4 Å². The second-order valence-electron chi connectivity index (χ2n) is 9.85. The number of aromatic nitrogens is 3. The van der Waals surface area contributed by atoms with Crippen LogP contribution in [0.15, 0.2) is 53.8 Å². The highest BCUT2D eigenvalue weighted by molar-refractivity contribution is 5.94. The lowest BCUT2D eigenvalue weighted by Crippen LogP contribution is -2.32. The quantitative estimate of drug-likeness (QED) is 0.436. The first-order valence-corrected chi connectivity index (χ1v) is 13.2. The van der Waals surface area contributed by atoms with Crippen LogP contribution in [-0.4, -0.2) is 62.6 Å². The standard InChI is InChI=1S/C28H35N7O3/c1-4-29-25-15-24-23(17-31-25)28(20-7-5-19(6-8-20)16-30-18(2)36)33-35(24)21-9-11-22(12-10-21)38-26-13-14-27(37)34(3)32-26/h5-8,13-15,17,21-22,27,37H,4,9-12,16H2,1-3H3,(H,29,31)(H,30,36). The van der Waals surface area contributed by atoms with Gasteiger partial charge in [-0.2, -0.15) is 5.10 Å². The van der Waals surface area contributed by atoms with Crippen LogP contribution in [0.3, 0.4) is 0 Å². The third-order valence-corrected chi connectivity index (χ3v) is 7.05. The molecule has 3 heterocycles. The van der Waals surface area contributed by atoms with Gasteiger partial charge in [-0.25, -0.2) is 4.98 Å². The first kappa shape index (κ1) is 25.7. The van der Waals surface area contributed by atoms with Crippen molar-refractivity contribution in [2.24, 2.45) is 5.10 Å². The van der Waals surface area contributed by atoms with Crippen molar-refractivity contribution in [3.8, 4) is 11.3 Å². The normalized spacial score (nSPS) is 21.3. The third-order valence-electron chi connectivity index (χ3n) is 7.05. The molecule has 0 spiro atoms. The lowest BCUT2D eigenvalue weighted by atomic mass is 9.93. The van der Waals surface area contributed by atoms with Crippen LogP contribution in [0.2, 0.25) is 0 Å². The molecule has 1 aliphatic heterocycles. The molecule has 10 nitrogen and oxygen atoms in total. The molecule has 1 fully saturated rings. The summed E-state index contributed by atoms with van der Waals surface area (Å²) in [7, 11) is 1.72. The average molecular weight is 518 g/mol. The molecule has 1 unspecified atom stereocenters. The molecule has 1 aromatic carbocycles. The van der Waals surface area contributed by atoms with Gasteiger partial charge in [0.25, 0.3) is 0 Å². The number of ether oxygens (including phenoxy) is 1. The number of carbonyl (C=O) groups is 1. The van der Waals surface area contributed by atoms with Crippen LogP contribution in [0, 0.1) is 0 Å². The van der Waals surface area contributed by atoms with E-state index in [-0.39, 0.29) is 18.1 Å². The Labute approximate surface area is 222 Å². The number of rotatable bonds is 7. The van der Waals surface area contributed by atoms with E-state index in [0.717, 1.165) is 65.8 Å². The largest absolute Gasteiger partial charge is 0.473 e. The van der Waals surface area contributed by atoms with E-state index in [4.69, 9.17) is 9.84 Å². The number of nitrogens with one attached hydrogen (secondary N) is 2. The third kappa shape index (κ3) is 5.65. The Hall–Kier alpha value is -3.92. The predicted octanol–water partition coefficient (Wildman–Crippen LogP) is 3.80. The Kier molecular flexibility index (Phi) is 7.59. The van der Waals surface area contributed by atoms with Crippen molar-refractivity contribution < 1.29 is 14.6 Å². The number of fused-ring (bicyclic) bond motifs is 1. The number of hydrogen-bond donors (Lipinski definition) is 3. The van der Waals surface area contributed by atoms with Gasteiger partial charge in [0.1, 0.15) is 17.6 Å². The fraction of sp³-hybridized carbons (Fsp3) is 0.429. The van der Waals surface area contributed by atoms with Crippen molar-refractivity contribution in [2.45, 2.75) is 64.4 Å². The Bertz CT molecular complexity index is 1340. The summed E-state index contributed by atoms with van der Waals surface area (Å²) in [6.07, 6.45) is 8.34. The topological polar surface area (TPSA) is 117 Å². The fourth-order valence-electron chi connectivity index (χ4n) is 4.99. The zero-order chi connectivity index (χ0) is 26.6.